The number of carboxylic acid groups (broad SMARTS) is 2. The van der Waals surface area contributed by atoms with Crippen molar-refractivity contribution in [3.8, 4) is 0 Å². The van der Waals surface area contributed by atoms with Crippen molar-refractivity contribution < 1.29 is 19.8 Å². The Kier molecular flexibility index (Phi) is 4.54. The average molecular weight is 306 g/mol. The molecule has 110 valence electrons. The Bertz CT molecular complexity index is 664. The molecule has 0 aliphatic heterocycles. The first-order chi connectivity index (χ1) is 9.95. The molecule has 7 heteroatoms. The molecule has 0 saturated heterocycles. The monoisotopic (exact) mass is 306 g/mol. The molecule has 21 heavy (non-hydrogen) atoms. The first kappa shape index (κ1) is 15.0. The number of hydrogen-bond donors (Lipinski definition) is 3. The van der Waals surface area contributed by atoms with Crippen LogP contribution >= 0.6 is 11.3 Å². The number of hydrogen-bond acceptors (Lipinski definition) is 5. The van der Waals surface area contributed by atoms with Crippen molar-refractivity contribution in [2.45, 2.75) is 19.8 Å². The van der Waals surface area contributed by atoms with E-state index in [2.05, 4.69) is 10.3 Å². The van der Waals surface area contributed by atoms with Gasteiger partial charge in [-0.25, -0.2) is 9.78 Å². The van der Waals surface area contributed by atoms with E-state index in [-0.39, 0.29) is 12.0 Å². The molecule has 0 aliphatic carbocycles. The van der Waals surface area contributed by atoms with Gasteiger partial charge in [-0.15, -0.1) is 11.3 Å². The quantitative estimate of drug-likeness (QED) is 0.759. The fraction of sp³-hybridized carbons (Fsp3) is 0.214. The molecule has 0 fully saturated rings. The van der Waals surface area contributed by atoms with Crippen molar-refractivity contribution in [1.82, 2.24) is 4.98 Å². The molecule has 0 atom stereocenters. The summed E-state index contributed by atoms with van der Waals surface area (Å²) in [5.74, 6) is -1.80. The van der Waals surface area contributed by atoms with Crippen molar-refractivity contribution >= 4 is 34.1 Å². The third-order valence-corrected chi connectivity index (χ3v) is 3.97. The maximum atomic E-state index is 10.8. The van der Waals surface area contributed by atoms with Crippen LogP contribution in [-0.4, -0.2) is 27.1 Å². The number of aromatic nitrogens is 1. The highest BCUT2D eigenvalue weighted by molar-refractivity contribution is 7.15. The van der Waals surface area contributed by atoms with Gasteiger partial charge in [-0.1, -0.05) is 0 Å². The van der Waals surface area contributed by atoms with E-state index in [9.17, 15) is 9.59 Å². The summed E-state index contributed by atoms with van der Waals surface area (Å²) in [4.78, 5) is 26.6. The van der Waals surface area contributed by atoms with Crippen LogP contribution in [-0.2, 0) is 11.2 Å². The fourth-order valence-corrected chi connectivity index (χ4v) is 2.74. The van der Waals surface area contributed by atoms with E-state index in [0.717, 1.165) is 16.3 Å². The molecular weight excluding hydrogens is 292 g/mol. The normalized spacial score (nSPS) is 10.3. The second kappa shape index (κ2) is 6.36. The molecular formula is C14H14N2O4S. The Morgan fingerprint density at radius 1 is 1.24 bits per heavy atom. The number of aromatic carboxylic acids is 1. The first-order valence-corrected chi connectivity index (χ1v) is 7.06. The van der Waals surface area contributed by atoms with Gasteiger partial charge in [-0.3, -0.25) is 4.79 Å². The minimum Gasteiger partial charge on any atom is -0.481 e. The van der Waals surface area contributed by atoms with E-state index in [1.54, 1.807) is 12.1 Å². The Balaban J connectivity index is 2.07. The number of benzene rings is 1. The van der Waals surface area contributed by atoms with Gasteiger partial charge in [0, 0.05) is 10.6 Å². The number of aryl methyl sites for hydroxylation is 2. The maximum absolute atomic E-state index is 10.8. The van der Waals surface area contributed by atoms with Gasteiger partial charge in [0.2, 0.25) is 0 Å². The third-order valence-electron chi connectivity index (χ3n) is 2.84. The third kappa shape index (κ3) is 4.03. The predicted octanol–water partition coefficient (Wildman–Crippen LogP) is 2.91. The topological polar surface area (TPSA) is 99.5 Å². The summed E-state index contributed by atoms with van der Waals surface area (Å²) in [6.07, 6.45) is 0.536. The lowest BCUT2D eigenvalue weighted by atomic mass is 10.2. The number of anilines is 2. The highest BCUT2D eigenvalue weighted by Gasteiger charge is 2.10. The van der Waals surface area contributed by atoms with E-state index >= 15 is 0 Å². The smallest absolute Gasteiger partial charge is 0.335 e. The lowest BCUT2D eigenvalue weighted by Crippen LogP contribution is -1.96. The number of thiazole rings is 1. The average Bonchev–Trinajstić information content (AvgIpc) is 2.77. The summed E-state index contributed by atoms with van der Waals surface area (Å²) < 4.78 is 0. The largest absolute Gasteiger partial charge is 0.481 e. The van der Waals surface area contributed by atoms with Crippen LogP contribution in [0.2, 0.25) is 0 Å². The Labute approximate surface area is 125 Å². The van der Waals surface area contributed by atoms with Crippen molar-refractivity contribution in [3.63, 3.8) is 0 Å². The van der Waals surface area contributed by atoms with Crippen LogP contribution < -0.4 is 5.32 Å². The SMILES string of the molecule is Cc1nc(Nc2ccc(C(=O)O)cc2)sc1CCC(=O)O. The molecule has 0 radical (unpaired) electrons. The van der Waals surface area contributed by atoms with Crippen LogP contribution in [0.4, 0.5) is 10.8 Å². The lowest BCUT2D eigenvalue weighted by Gasteiger charge is -2.02. The summed E-state index contributed by atoms with van der Waals surface area (Å²) in [6, 6.07) is 6.35. The molecule has 1 heterocycles. The molecule has 1 aromatic heterocycles. The van der Waals surface area contributed by atoms with Crippen molar-refractivity contribution in [3.05, 3.63) is 40.4 Å². The van der Waals surface area contributed by atoms with Crippen LogP contribution in [0.15, 0.2) is 24.3 Å². The summed E-state index contributed by atoms with van der Waals surface area (Å²) >= 11 is 1.40. The zero-order valence-electron chi connectivity index (χ0n) is 11.3. The van der Waals surface area contributed by atoms with Gasteiger partial charge in [-0.05, 0) is 37.6 Å². The van der Waals surface area contributed by atoms with Gasteiger partial charge in [0.1, 0.15) is 0 Å². The fourth-order valence-electron chi connectivity index (χ4n) is 1.75. The Morgan fingerprint density at radius 3 is 2.48 bits per heavy atom. The molecule has 2 rings (SSSR count). The van der Waals surface area contributed by atoms with Gasteiger partial charge in [-0.2, -0.15) is 0 Å². The van der Waals surface area contributed by atoms with E-state index in [0.29, 0.717) is 11.6 Å². The highest BCUT2D eigenvalue weighted by Crippen LogP contribution is 2.26. The molecule has 3 N–H and O–H groups in total. The van der Waals surface area contributed by atoms with Crippen LogP contribution in [0, 0.1) is 6.92 Å². The van der Waals surface area contributed by atoms with E-state index in [1.165, 1.54) is 23.5 Å². The molecule has 0 amide bonds. The van der Waals surface area contributed by atoms with Crippen molar-refractivity contribution in [2.75, 3.05) is 5.32 Å². The van der Waals surface area contributed by atoms with Gasteiger partial charge < -0.3 is 15.5 Å². The maximum Gasteiger partial charge on any atom is 0.335 e. The second-order valence-electron chi connectivity index (χ2n) is 4.43. The van der Waals surface area contributed by atoms with Crippen molar-refractivity contribution in [2.24, 2.45) is 0 Å². The second-order valence-corrected chi connectivity index (χ2v) is 5.51. The molecule has 2 aromatic rings. The number of aliphatic carboxylic acids is 1. The molecule has 0 bridgehead atoms. The lowest BCUT2D eigenvalue weighted by molar-refractivity contribution is -0.136. The number of carbonyl (C=O) groups is 2. The van der Waals surface area contributed by atoms with Crippen LogP contribution in [0.1, 0.15) is 27.3 Å². The van der Waals surface area contributed by atoms with Gasteiger partial charge >= 0.3 is 11.9 Å². The number of carboxylic acids is 2. The van der Waals surface area contributed by atoms with E-state index in [1.807, 2.05) is 6.92 Å². The zero-order valence-corrected chi connectivity index (χ0v) is 12.1. The molecule has 0 unspecified atom stereocenters. The summed E-state index contributed by atoms with van der Waals surface area (Å²) in [7, 11) is 0. The molecule has 0 saturated carbocycles. The Hall–Kier alpha value is -2.41. The summed E-state index contributed by atoms with van der Waals surface area (Å²) in [5, 5.41) is 21.3. The van der Waals surface area contributed by atoms with E-state index < -0.39 is 11.9 Å². The first-order valence-electron chi connectivity index (χ1n) is 6.24. The van der Waals surface area contributed by atoms with E-state index in [4.69, 9.17) is 10.2 Å². The van der Waals surface area contributed by atoms with Crippen LogP contribution in [0.25, 0.3) is 0 Å². The van der Waals surface area contributed by atoms with Gasteiger partial charge in [0.15, 0.2) is 5.13 Å². The molecule has 0 spiro atoms. The van der Waals surface area contributed by atoms with Crippen LogP contribution in [0.5, 0.6) is 0 Å². The summed E-state index contributed by atoms with van der Waals surface area (Å²) in [5.41, 5.74) is 1.77. The molecule has 1 aromatic carbocycles. The summed E-state index contributed by atoms with van der Waals surface area (Å²) in [6.45, 7) is 1.84. The number of nitrogens with zero attached hydrogens (tertiary/aromatic N) is 1. The minimum atomic E-state index is -0.970. The van der Waals surface area contributed by atoms with Crippen molar-refractivity contribution in [1.29, 1.82) is 0 Å². The van der Waals surface area contributed by atoms with Crippen LogP contribution in [0.3, 0.4) is 0 Å². The minimum absolute atomic E-state index is 0.0791. The van der Waals surface area contributed by atoms with Gasteiger partial charge in [0.25, 0.3) is 0 Å². The Morgan fingerprint density at radius 2 is 1.90 bits per heavy atom. The number of nitrogens with one attached hydrogen (secondary N) is 1. The standard InChI is InChI=1S/C14H14N2O4S/c1-8-11(6-7-12(17)18)21-14(15-8)16-10-4-2-9(3-5-10)13(19)20/h2-5H,6-7H2,1H3,(H,15,16)(H,17,18)(H,19,20). The highest BCUT2D eigenvalue weighted by atomic mass is 32.1. The van der Waals surface area contributed by atoms with Gasteiger partial charge in [0.05, 0.1) is 17.7 Å². The number of rotatable bonds is 6. The molecule has 0 aliphatic rings. The predicted molar refractivity (Wildman–Crippen MR) is 79.5 cm³/mol. The molecule has 6 nitrogen and oxygen atoms in total. The zero-order chi connectivity index (χ0) is 15.4.